The van der Waals surface area contributed by atoms with Gasteiger partial charge in [0.2, 0.25) is 0 Å². The van der Waals surface area contributed by atoms with Gasteiger partial charge in [-0.3, -0.25) is 0 Å². The number of ether oxygens (including phenoxy) is 3. The Labute approximate surface area is 196 Å². The lowest BCUT2D eigenvalue weighted by Gasteiger charge is -2.14. The molecular weight excluding hydrogens is 480 g/mol. The van der Waals surface area contributed by atoms with E-state index in [0.717, 1.165) is 26.9 Å². The molecule has 0 aromatic heterocycles. The fourth-order valence-corrected chi connectivity index (χ4v) is 3.44. The summed E-state index contributed by atoms with van der Waals surface area (Å²) in [5.74, 6) is 1.92. The van der Waals surface area contributed by atoms with Crippen molar-refractivity contribution in [1.82, 2.24) is 5.43 Å². The number of halogens is 2. The molecule has 0 aliphatic carbocycles. The number of para-hydroxylation sites is 1. The van der Waals surface area contributed by atoms with Crippen LogP contribution in [0.5, 0.6) is 17.2 Å². The summed E-state index contributed by atoms with van der Waals surface area (Å²) in [6.45, 7) is 3.35. The van der Waals surface area contributed by atoms with E-state index in [2.05, 4.69) is 26.5 Å². The van der Waals surface area contributed by atoms with E-state index in [1.165, 1.54) is 0 Å². The highest BCUT2D eigenvalue weighted by Crippen LogP contribution is 2.37. The molecule has 3 aromatic carbocycles. The summed E-state index contributed by atoms with van der Waals surface area (Å²) >= 11 is 9.93. The molecule has 0 amide bonds. The van der Waals surface area contributed by atoms with Gasteiger partial charge in [-0.05, 0) is 48.4 Å². The van der Waals surface area contributed by atoms with E-state index in [1.54, 1.807) is 19.4 Å². The maximum absolute atomic E-state index is 6.50. The molecule has 0 saturated carbocycles. The van der Waals surface area contributed by atoms with Gasteiger partial charge in [0.1, 0.15) is 12.4 Å². The number of nitrogens with one attached hydrogen (secondary N) is 1. The Balaban J connectivity index is 1.68. The summed E-state index contributed by atoms with van der Waals surface area (Å²) in [6.07, 6.45) is 1.70. The van der Waals surface area contributed by atoms with Crippen LogP contribution < -0.4 is 19.6 Å². The maximum Gasteiger partial charge on any atom is 0.180 e. The molecule has 3 rings (SSSR count). The minimum atomic E-state index is 0.390. The largest absolute Gasteiger partial charge is 0.496 e. The van der Waals surface area contributed by atoms with Gasteiger partial charge in [0.25, 0.3) is 0 Å². The minimum absolute atomic E-state index is 0.390. The van der Waals surface area contributed by atoms with Gasteiger partial charge < -0.3 is 19.6 Å². The van der Waals surface area contributed by atoms with Gasteiger partial charge in [-0.15, -0.1) is 0 Å². The fraction of sp³-hybridized carbons (Fsp3) is 0.208. The van der Waals surface area contributed by atoms with Crippen LogP contribution in [0.2, 0.25) is 5.02 Å². The van der Waals surface area contributed by atoms with Crippen molar-refractivity contribution < 1.29 is 14.2 Å². The average Bonchev–Trinajstić information content (AvgIpc) is 2.78. The number of benzene rings is 3. The van der Waals surface area contributed by atoms with Crippen LogP contribution in [0.25, 0.3) is 0 Å². The predicted molar refractivity (Wildman–Crippen MR) is 129 cm³/mol. The minimum Gasteiger partial charge on any atom is -0.496 e. The van der Waals surface area contributed by atoms with E-state index < -0.39 is 0 Å². The number of hydrazone groups is 1. The molecule has 162 valence electrons. The van der Waals surface area contributed by atoms with Crippen molar-refractivity contribution in [1.29, 1.82) is 0 Å². The molecule has 0 bridgehead atoms. The van der Waals surface area contributed by atoms with Crippen molar-refractivity contribution in [3.8, 4) is 17.2 Å². The topological polar surface area (TPSA) is 52.1 Å². The van der Waals surface area contributed by atoms with Gasteiger partial charge in [-0.1, -0.05) is 57.9 Å². The molecule has 1 N–H and O–H groups in total. The predicted octanol–water partition coefficient (Wildman–Crippen LogP) is 6.21. The first-order valence-corrected chi connectivity index (χ1v) is 11.0. The quantitative estimate of drug-likeness (QED) is 0.264. The third-order valence-corrected chi connectivity index (χ3v) is 5.20. The second-order valence-corrected chi connectivity index (χ2v) is 7.91. The Morgan fingerprint density at radius 2 is 1.81 bits per heavy atom. The summed E-state index contributed by atoms with van der Waals surface area (Å²) in [6, 6.07) is 19.4. The summed E-state index contributed by atoms with van der Waals surface area (Å²) in [5, 5.41) is 4.76. The van der Waals surface area contributed by atoms with Crippen LogP contribution in [0.3, 0.4) is 0 Å². The molecule has 0 radical (unpaired) electrons. The van der Waals surface area contributed by atoms with Gasteiger partial charge in [-0.2, -0.15) is 5.10 Å². The summed E-state index contributed by atoms with van der Waals surface area (Å²) in [5.41, 5.74) is 5.89. The molecule has 3 aromatic rings. The molecule has 7 heteroatoms. The third-order valence-electron chi connectivity index (χ3n) is 4.40. The van der Waals surface area contributed by atoms with Crippen LogP contribution in [0.1, 0.15) is 23.6 Å². The van der Waals surface area contributed by atoms with Gasteiger partial charge in [0.05, 0.1) is 31.5 Å². The molecule has 0 atom stereocenters. The van der Waals surface area contributed by atoms with Crippen molar-refractivity contribution >= 4 is 33.7 Å². The lowest BCUT2D eigenvalue weighted by molar-refractivity contribution is 0.269. The molecule has 0 unspecified atom stereocenters. The highest BCUT2D eigenvalue weighted by Gasteiger charge is 2.12. The van der Waals surface area contributed by atoms with E-state index in [1.807, 2.05) is 61.5 Å². The fourth-order valence-electron chi connectivity index (χ4n) is 2.90. The SMILES string of the molecule is CCOc1cc(/C=N/NCc2ccccc2OC)cc(Cl)c1OCc1ccc(Br)cc1. The van der Waals surface area contributed by atoms with Crippen LogP contribution in [0, 0.1) is 0 Å². The van der Waals surface area contributed by atoms with Crippen LogP contribution in [-0.4, -0.2) is 19.9 Å². The van der Waals surface area contributed by atoms with E-state index >= 15 is 0 Å². The molecule has 5 nitrogen and oxygen atoms in total. The average molecular weight is 504 g/mol. The van der Waals surface area contributed by atoms with Crippen LogP contribution >= 0.6 is 27.5 Å². The van der Waals surface area contributed by atoms with Gasteiger partial charge in [0, 0.05) is 10.0 Å². The van der Waals surface area contributed by atoms with E-state index in [-0.39, 0.29) is 0 Å². The van der Waals surface area contributed by atoms with Crippen molar-refractivity contribution in [3.05, 3.63) is 86.8 Å². The second-order valence-electron chi connectivity index (χ2n) is 6.58. The molecule has 0 spiro atoms. The number of methoxy groups -OCH3 is 1. The summed E-state index contributed by atoms with van der Waals surface area (Å²) in [4.78, 5) is 0. The third kappa shape index (κ3) is 6.64. The molecular formula is C24H24BrClN2O3. The van der Waals surface area contributed by atoms with Crippen LogP contribution in [-0.2, 0) is 13.2 Å². The Morgan fingerprint density at radius 3 is 2.55 bits per heavy atom. The highest BCUT2D eigenvalue weighted by molar-refractivity contribution is 9.10. The van der Waals surface area contributed by atoms with E-state index in [4.69, 9.17) is 25.8 Å². The van der Waals surface area contributed by atoms with Crippen LogP contribution in [0.4, 0.5) is 0 Å². The first-order chi connectivity index (χ1) is 15.1. The molecule has 0 aliphatic rings. The lowest BCUT2D eigenvalue weighted by atomic mass is 10.2. The molecule has 0 saturated heterocycles. The van der Waals surface area contributed by atoms with E-state index in [0.29, 0.717) is 36.3 Å². The Hall–Kier alpha value is -2.70. The van der Waals surface area contributed by atoms with E-state index in [9.17, 15) is 0 Å². The first-order valence-electron chi connectivity index (χ1n) is 9.82. The van der Waals surface area contributed by atoms with Gasteiger partial charge in [-0.25, -0.2) is 0 Å². The number of hydrogen-bond acceptors (Lipinski definition) is 5. The van der Waals surface area contributed by atoms with Crippen molar-refractivity contribution in [2.24, 2.45) is 5.10 Å². The zero-order chi connectivity index (χ0) is 22.1. The number of nitrogens with zero attached hydrogens (tertiary/aromatic N) is 1. The van der Waals surface area contributed by atoms with Crippen molar-refractivity contribution in [2.75, 3.05) is 13.7 Å². The Morgan fingerprint density at radius 1 is 1.03 bits per heavy atom. The standard InChI is InChI=1S/C24H24BrClN2O3/c1-3-30-23-13-18(14-27-28-15-19-6-4-5-7-22(19)29-2)12-21(26)24(23)31-16-17-8-10-20(25)11-9-17/h4-14,28H,3,15-16H2,1-2H3/b27-14+. The Kier molecular flexibility index (Phi) is 8.62. The van der Waals surface area contributed by atoms with Gasteiger partial charge >= 0.3 is 0 Å². The normalized spacial score (nSPS) is 10.8. The summed E-state index contributed by atoms with van der Waals surface area (Å²) < 4.78 is 18.1. The number of rotatable bonds is 10. The van der Waals surface area contributed by atoms with Crippen molar-refractivity contribution in [3.63, 3.8) is 0 Å². The zero-order valence-corrected chi connectivity index (χ0v) is 19.7. The van der Waals surface area contributed by atoms with Gasteiger partial charge in [0.15, 0.2) is 11.5 Å². The lowest BCUT2D eigenvalue weighted by Crippen LogP contribution is -2.07. The number of hydrogen-bond donors (Lipinski definition) is 1. The summed E-state index contributed by atoms with van der Waals surface area (Å²) in [7, 11) is 1.65. The second kappa shape index (κ2) is 11.6. The van der Waals surface area contributed by atoms with Crippen LogP contribution in [0.15, 0.2) is 70.2 Å². The molecule has 31 heavy (non-hydrogen) atoms. The van der Waals surface area contributed by atoms with Crippen molar-refractivity contribution in [2.45, 2.75) is 20.1 Å². The molecule has 0 aliphatic heterocycles. The zero-order valence-electron chi connectivity index (χ0n) is 17.4. The highest BCUT2D eigenvalue weighted by atomic mass is 79.9. The smallest absolute Gasteiger partial charge is 0.180 e. The monoisotopic (exact) mass is 502 g/mol. The molecule has 0 fully saturated rings. The Bertz CT molecular complexity index is 1030. The molecule has 0 heterocycles. The first kappa shape index (κ1) is 23.0. The maximum atomic E-state index is 6.50.